The Kier molecular flexibility index (Phi) is 6.50. The number of fused-ring (bicyclic) bond motifs is 1. The summed E-state index contributed by atoms with van der Waals surface area (Å²) in [5.41, 5.74) is 2.87. The molecule has 0 spiro atoms. The lowest BCUT2D eigenvalue weighted by Crippen LogP contribution is -2.65. The number of rotatable bonds is 6. The Bertz CT molecular complexity index is 1180. The molecule has 2 heterocycles. The second-order valence-corrected chi connectivity index (χ2v) is 10.5. The zero-order valence-corrected chi connectivity index (χ0v) is 20.7. The lowest BCUT2D eigenvalue weighted by molar-refractivity contribution is -0.133. The van der Waals surface area contributed by atoms with Crippen molar-refractivity contribution in [2.24, 2.45) is 5.92 Å². The topological polar surface area (TPSA) is 54.3 Å². The molecule has 35 heavy (non-hydrogen) atoms. The molecule has 2 aliphatic rings. The molecule has 0 saturated heterocycles. The van der Waals surface area contributed by atoms with Gasteiger partial charge in [-0.25, -0.2) is 0 Å². The van der Waals surface area contributed by atoms with Crippen LogP contribution in [0, 0.1) is 5.92 Å². The van der Waals surface area contributed by atoms with E-state index in [1.165, 1.54) is 0 Å². The highest BCUT2D eigenvalue weighted by atomic mass is 16.2. The number of carbonyl (C=O) groups excluding carboxylic acids is 2. The molecular formula is C30H35N3O2. The van der Waals surface area contributed by atoms with Crippen molar-refractivity contribution < 1.29 is 9.59 Å². The molecule has 1 saturated carbocycles. The maximum absolute atomic E-state index is 13.9. The van der Waals surface area contributed by atoms with E-state index in [2.05, 4.69) is 36.5 Å². The molecule has 5 nitrogen and oxygen atoms in total. The lowest BCUT2D eigenvalue weighted by Gasteiger charge is -2.45. The molecule has 5 heteroatoms. The normalized spacial score (nSPS) is 24.2. The van der Waals surface area contributed by atoms with Gasteiger partial charge in [0.2, 0.25) is 5.91 Å². The van der Waals surface area contributed by atoms with Crippen LogP contribution >= 0.6 is 0 Å². The average molecular weight is 470 g/mol. The zero-order chi connectivity index (χ0) is 24.4. The summed E-state index contributed by atoms with van der Waals surface area (Å²) in [5.74, 6) is 0.592. The van der Waals surface area contributed by atoms with Gasteiger partial charge < -0.3 is 14.8 Å². The Hall–Kier alpha value is -3.34. The van der Waals surface area contributed by atoms with E-state index in [0.717, 1.165) is 42.5 Å². The van der Waals surface area contributed by atoms with Crippen LogP contribution in [0.3, 0.4) is 0 Å². The summed E-state index contributed by atoms with van der Waals surface area (Å²) in [6.45, 7) is 5.16. The summed E-state index contributed by atoms with van der Waals surface area (Å²) < 4.78 is 2.04. The summed E-state index contributed by atoms with van der Waals surface area (Å²) in [5, 5.41) is 3.33. The average Bonchev–Trinajstić information content (AvgIpc) is 3.30. The van der Waals surface area contributed by atoms with Gasteiger partial charge in [-0.15, -0.1) is 0 Å². The highest BCUT2D eigenvalue weighted by Gasteiger charge is 2.48. The molecule has 1 fully saturated rings. The third kappa shape index (κ3) is 4.64. The van der Waals surface area contributed by atoms with E-state index in [9.17, 15) is 9.59 Å². The third-order valence-electron chi connectivity index (χ3n) is 7.88. The Morgan fingerprint density at radius 3 is 2.23 bits per heavy atom. The van der Waals surface area contributed by atoms with Crippen LogP contribution in [-0.2, 0) is 17.8 Å². The van der Waals surface area contributed by atoms with E-state index in [4.69, 9.17) is 0 Å². The highest BCUT2D eigenvalue weighted by molar-refractivity contribution is 6.00. The standard InChI is InChI=1S/C30H35N3O2/c1-22-13-15-25(16-14-22)31-29(35)30(2)21-32-26(24-11-7-4-8-12-24)17-18-27(32)28(34)33(30)20-19-23-9-5-3-6-10-23/h3-12,17-18,22,25H,13-16,19-21H2,1-2H3,(H,31,35)/t22?,25?,30-/m0/s1. The monoisotopic (exact) mass is 469 g/mol. The molecule has 1 aromatic heterocycles. The predicted molar refractivity (Wildman–Crippen MR) is 139 cm³/mol. The molecule has 3 aromatic rings. The molecule has 0 unspecified atom stereocenters. The van der Waals surface area contributed by atoms with Gasteiger partial charge >= 0.3 is 0 Å². The number of benzene rings is 2. The predicted octanol–water partition coefficient (Wildman–Crippen LogP) is 5.31. The first-order valence-electron chi connectivity index (χ1n) is 12.9. The SMILES string of the molecule is CC1CCC(NC(=O)[C@]2(C)Cn3c(ccc3-c3ccccc3)C(=O)N2CCc2ccccc2)CC1. The van der Waals surface area contributed by atoms with Crippen molar-refractivity contribution in [1.82, 2.24) is 14.8 Å². The molecule has 1 aliphatic heterocycles. The minimum absolute atomic E-state index is 0.0446. The largest absolute Gasteiger partial charge is 0.351 e. The maximum Gasteiger partial charge on any atom is 0.271 e. The van der Waals surface area contributed by atoms with Crippen LogP contribution < -0.4 is 5.32 Å². The first-order valence-corrected chi connectivity index (χ1v) is 12.9. The van der Waals surface area contributed by atoms with E-state index >= 15 is 0 Å². The Morgan fingerprint density at radius 2 is 1.54 bits per heavy atom. The molecule has 0 bridgehead atoms. The van der Waals surface area contributed by atoms with Gasteiger partial charge in [0.05, 0.1) is 6.54 Å². The van der Waals surface area contributed by atoms with Crippen molar-refractivity contribution in [3.63, 3.8) is 0 Å². The van der Waals surface area contributed by atoms with E-state index in [1.54, 1.807) is 0 Å². The first-order chi connectivity index (χ1) is 17.0. The van der Waals surface area contributed by atoms with Crippen LogP contribution in [0.25, 0.3) is 11.3 Å². The number of carbonyl (C=O) groups is 2. The Labute approximate surface area is 208 Å². The molecule has 182 valence electrons. The smallest absolute Gasteiger partial charge is 0.271 e. The molecule has 1 N–H and O–H groups in total. The second-order valence-electron chi connectivity index (χ2n) is 10.5. The van der Waals surface area contributed by atoms with Gasteiger partial charge in [0, 0.05) is 18.3 Å². The van der Waals surface area contributed by atoms with Crippen molar-refractivity contribution in [3.05, 3.63) is 84.1 Å². The number of aromatic nitrogens is 1. The number of amides is 2. The molecule has 0 radical (unpaired) electrons. The van der Waals surface area contributed by atoms with Gasteiger partial charge in [-0.2, -0.15) is 0 Å². The Morgan fingerprint density at radius 1 is 0.914 bits per heavy atom. The van der Waals surface area contributed by atoms with Gasteiger partial charge in [0.1, 0.15) is 11.2 Å². The van der Waals surface area contributed by atoms with Crippen molar-refractivity contribution in [3.8, 4) is 11.3 Å². The number of hydrogen-bond acceptors (Lipinski definition) is 2. The van der Waals surface area contributed by atoms with Crippen molar-refractivity contribution >= 4 is 11.8 Å². The summed E-state index contributed by atoms with van der Waals surface area (Å²) >= 11 is 0. The summed E-state index contributed by atoms with van der Waals surface area (Å²) in [4.78, 5) is 29.6. The van der Waals surface area contributed by atoms with Gasteiger partial charge in [-0.05, 0) is 68.2 Å². The summed E-state index contributed by atoms with van der Waals surface area (Å²) in [7, 11) is 0. The van der Waals surface area contributed by atoms with Crippen molar-refractivity contribution in [2.75, 3.05) is 6.54 Å². The summed E-state index contributed by atoms with van der Waals surface area (Å²) in [6.07, 6.45) is 5.00. The fourth-order valence-electron chi connectivity index (χ4n) is 5.61. The number of nitrogens with one attached hydrogen (secondary N) is 1. The Balaban J connectivity index is 1.47. The van der Waals surface area contributed by atoms with Crippen LogP contribution in [0.4, 0.5) is 0 Å². The number of nitrogens with zero attached hydrogens (tertiary/aromatic N) is 2. The van der Waals surface area contributed by atoms with Crippen LogP contribution in [0.5, 0.6) is 0 Å². The van der Waals surface area contributed by atoms with Crippen LogP contribution in [-0.4, -0.2) is 39.4 Å². The fourth-order valence-corrected chi connectivity index (χ4v) is 5.61. The van der Waals surface area contributed by atoms with E-state index < -0.39 is 5.54 Å². The quantitative estimate of drug-likeness (QED) is 0.532. The molecule has 5 rings (SSSR count). The van der Waals surface area contributed by atoms with Crippen molar-refractivity contribution in [2.45, 2.75) is 64.1 Å². The van der Waals surface area contributed by atoms with Crippen LogP contribution in [0.1, 0.15) is 55.6 Å². The van der Waals surface area contributed by atoms with Gasteiger partial charge in [-0.1, -0.05) is 67.6 Å². The highest BCUT2D eigenvalue weighted by Crippen LogP contribution is 2.34. The third-order valence-corrected chi connectivity index (χ3v) is 7.88. The lowest BCUT2D eigenvalue weighted by atomic mass is 9.86. The number of hydrogen-bond donors (Lipinski definition) is 1. The van der Waals surface area contributed by atoms with Gasteiger partial charge in [0.25, 0.3) is 5.91 Å². The molecule has 1 atom stereocenters. The first kappa shape index (κ1) is 23.4. The van der Waals surface area contributed by atoms with Gasteiger partial charge in [0.15, 0.2) is 0 Å². The molecule has 2 aromatic carbocycles. The molecule has 1 aliphatic carbocycles. The fraction of sp³-hybridized carbons (Fsp3) is 0.400. The second kappa shape index (κ2) is 9.73. The van der Waals surface area contributed by atoms with Crippen LogP contribution in [0.2, 0.25) is 0 Å². The van der Waals surface area contributed by atoms with E-state index in [-0.39, 0.29) is 17.9 Å². The minimum atomic E-state index is -0.968. The van der Waals surface area contributed by atoms with Crippen molar-refractivity contribution in [1.29, 1.82) is 0 Å². The minimum Gasteiger partial charge on any atom is -0.351 e. The molecular weight excluding hydrogens is 434 g/mol. The van der Waals surface area contributed by atoms with E-state index in [1.807, 2.05) is 64.9 Å². The molecule has 2 amide bonds. The summed E-state index contributed by atoms with van der Waals surface area (Å²) in [6, 6.07) is 24.4. The van der Waals surface area contributed by atoms with Gasteiger partial charge in [-0.3, -0.25) is 9.59 Å². The zero-order valence-electron chi connectivity index (χ0n) is 20.7. The van der Waals surface area contributed by atoms with Crippen LogP contribution in [0.15, 0.2) is 72.8 Å². The maximum atomic E-state index is 13.9. The van der Waals surface area contributed by atoms with E-state index in [0.29, 0.717) is 31.1 Å².